The maximum Gasteiger partial charge on any atom is 0.271 e. The van der Waals surface area contributed by atoms with E-state index in [0.29, 0.717) is 37.7 Å². The number of benzene rings is 2. The van der Waals surface area contributed by atoms with Gasteiger partial charge in [-0.3, -0.25) is 9.59 Å². The third kappa shape index (κ3) is 4.22. The molecule has 4 aromatic rings. The average molecular weight is 504 g/mol. The molecule has 1 aliphatic rings. The quantitative estimate of drug-likeness (QED) is 0.373. The number of carbonyl (C=O) groups excluding carboxylic acids is 2. The second-order valence-electron chi connectivity index (χ2n) is 9.03. The number of rotatable bonds is 8. The molecule has 1 atom stereocenters. The summed E-state index contributed by atoms with van der Waals surface area (Å²) in [4.78, 5) is 30.3. The van der Waals surface area contributed by atoms with Crippen LogP contribution >= 0.6 is 11.3 Å². The van der Waals surface area contributed by atoms with Crippen molar-refractivity contribution in [2.45, 2.75) is 39.0 Å². The first-order chi connectivity index (χ1) is 17.4. The number of nitrogens with one attached hydrogen (secondary N) is 1. The van der Waals surface area contributed by atoms with Gasteiger partial charge in [0.25, 0.3) is 5.91 Å². The number of hydrogen-bond acceptors (Lipinski definition) is 5. The van der Waals surface area contributed by atoms with Gasteiger partial charge < -0.3 is 24.3 Å². The normalized spacial score (nSPS) is 17.2. The van der Waals surface area contributed by atoms with Crippen LogP contribution in [-0.4, -0.2) is 40.5 Å². The van der Waals surface area contributed by atoms with Crippen LogP contribution in [0.2, 0.25) is 0 Å². The van der Waals surface area contributed by atoms with E-state index in [1.807, 2.05) is 84.5 Å². The molecule has 1 N–H and O–H groups in total. The summed E-state index contributed by atoms with van der Waals surface area (Å²) in [5.74, 6) is 1.12. The summed E-state index contributed by atoms with van der Waals surface area (Å²) < 4.78 is 13.0. The molecule has 3 heterocycles. The molecule has 0 spiro atoms. The minimum absolute atomic E-state index is 0.159. The van der Waals surface area contributed by atoms with Crippen LogP contribution in [0.4, 0.5) is 0 Å². The summed E-state index contributed by atoms with van der Waals surface area (Å²) in [5.41, 5.74) is 1.32. The summed E-state index contributed by atoms with van der Waals surface area (Å²) in [6.07, 6.45) is 0. The lowest BCUT2D eigenvalue weighted by atomic mass is 9.93. The number of aromatic nitrogens is 1. The van der Waals surface area contributed by atoms with Gasteiger partial charge in [0.2, 0.25) is 5.91 Å². The number of methoxy groups -OCH3 is 1. The Balaban J connectivity index is 1.47. The first-order valence-corrected chi connectivity index (χ1v) is 12.8. The zero-order valence-electron chi connectivity index (χ0n) is 20.6. The smallest absolute Gasteiger partial charge is 0.271 e. The molecule has 7 nitrogen and oxygen atoms in total. The second kappa shape index (κ2) is 9.70. The standard InChI is InChI=1S/C28H29N3O4S/c1-4-35-22-11-9-19(10-12-22)17-31-25(32)23-15-20-13-14-36-26(20)30(23)18-28(31,2)27(33)29-16-21-7-5-6-8-24(21)34-3/h5-15H,4,16-18H2,1-3H3,(H,29,33)/t28-/m1/s1. The zero-order chi connectivity index (χ0) is 25.3. The number of carbonyl (C=O) groups is 2. The fourth-order valence-corrected chi connectivity index (χ4v) is 5.66. The predicted octanol–water partition coefficient (Wildman–Crippen LogP) is 4.84. The number of para-hydroxylation sites is 1. The topological polar surface area (TPSA) is 72.8 Å². The molecule has 0 unspecified atom stereocenters. The average Bonchev–Trinajstić information content (AvgIpc) is 3.49. The molecule has 5 rings (SSSR count). The molecule has 0 aliphatic carbocycles. The fourth-order valence-electron chi connectivity index (χ4n) is 4.76. The van der Waals surface area contributed by atoms with Crippen LogP contribution in [0.15, 0.2) is 66.0 Å². The van der Waals surface area contributed by atoms with Gasteiger partial charge in [0.05, 0.1) is 20.3 Å². The molecule has 186 valence electrons. The Morgan fingerprint density at radius 2 is 1.92 bits per heavy atom. The molecule has 0 saturated heterocycles. The van der Waals surface area contributed by atoms with Crippen LogP contribution in [0.25, 0.3) is 10.2 Å². The Labute approximate surface area is 214 Å². The molecular weight excluding hydrogens is 474 g/mol. The van der Waals surface area contributed by atoms with E-state index in [9.17, 15) is 9.59 Å². The fraction of sp³-hybridized carbons (Fsp3) is 0.286. The summed E-state index contributed by atoms with van der Waals surface area (Å²) >= 11 is 1.58. The van der Waals surface area contributed by atoms with Crippen molar-refractivity contribution in [1.29, 1.82) is 0 Å². The van der Waals surface area contributed by atoms with Gasteiger partial charge in [-0.25, -0.2) is 0 Å². The Hall–Kier alpha value is -3.78. The van der Waals surface area contributed by atoms with E-state index in [1.54, 1.807) is 23.3 Å². The second-order valence-corrected chi connectivity index (χ2v) is 9.93. The molecule has 0 saturated carbocycles. The lowest BCUT2D eigenvalue weighted by Crippen LogP contribution is -2.63. The minimum Gasteiger partial charge on any atom is -0.496 e. The molecule has 0 radical (unpaired) electrons. The number of hydrogen-bond donors (Lipinski definition) is 1. The Kier molecular flexibility index (Phi) is 6.45. The van der Waals surface area contributed by atoms with Crippen LogP contribution in [0.3, 0.4) is 0 Å². The highest BCUT2D eigenvalue weighted by Gasteiger charge is 2.47. The number of fused-ring (bicyclic) bond motifs is 3. The van der Waals surface area contributed by atoms with Crippen LogP contribution in [0, 0.1) is 0 Å². The van der Waals surface area contributed by atoms with Crippen molar-refractivity contribution in [2.24, 2.45) is 0 Å². The van der Waals surface area contributed by atoms with Gasteiger partial charge >= 0.3 is 0 Å². The van der Waals surface area contributed by atoms with Crippen LogP contribution in [0.1, 0.15) is 35.5 Å². The van der Waals surface area contributed by atoms with Gasteiger partial charge in [-0.2, -0.15) is 0 Å². The first-order valence-electron chi connectivity index (χ1n) is 11.9. The van der Waals surface area contributed by atoms with E-state index in [-0.39, 0.29) is 11.8 Å². The van der Waals surface area contributed by atoms with Gasteiger partial charge in [0.1, 0.15) is 27.6 Å². The highest BCUT2D eigenvalue weighted by atomic mass is 32.1. The van der Waals surface area contributed by atoms with Crippen LogP contribution < -0.4 is 14.8 Å². The molecule has 2 aromatic heterocycles. The molecule has 8 heteroatoms. The van der Waals surface area contributed by atoms with Gasteiger partial charge in [0, 0.05) is 24.0 Å². The van der Waals surface area contributed by atoms with E-state index in [0.717, 1.165) is 27.1 Å². The summed E-state index contributed by atoms with van der Waals surface area (Å²) in [5, 5.41) is 6.09. The van der Waals surface area contributed by atoms with E-state index < -0.39 is 5.54 Å². The third-order valence-corrected chi connectivity index (χ3v) is 7.68. The largest absolute Gasteiger partial charge is 0.496 e. The summed E-state index contributed by atoms with van der Waals surface area (Å²) in [6.45, 7) is 5.35. The van der Waals surface area contributed by atoms with Crippen molar-refractivity contribution in [3.05, 3.63) is 82.9 Å². The van der Waals surface area contributed by atoms with E-state index in [2.05, 4.69) is 5.32 Å². The molecular formula is C28H29N3O4S. The van der Waals surface area contributed by atoms with Gasteiger partial charge in [-0.1, -0.05) is 30.3 Å². The molecule has 1 aliphatic heterocycles. The van der Waals surface area contributed by atoms with Crippen molar-refractivity contribution >= 4 is 33.4 Å². The van der Waals surface area contributed by atoms with Crippen LogP contribution in [0.5, 0.6) is 11.5 Å². The van der Waals surface area contributed by atoms with E-state index in [4.69, 9.17) is 9.47 Å². The lowest BCUT2D eigenvalue weighted by molar-refractivity contribution is -0.133. The van der Waals surface area contributed by atoms with Crippen molar-refractivity contribution in [1.82, 2.24) is 14.8 Å². The van der Waals surface area contributed by atoms with E-state index in [1.165, 1.54) is 0 Å². The monoisotopic (exact) mass is 503 g/mol. The maximum absolute atomic E-state index is 13.8. The number of amides is 2. The first kappa shape index (κ1) is 23.9. The molecule has 0 fully saturated rings. The number of thiophene rings is 1. The summed E-state index contributed by atoms with van der Waals surface area (Å²) in [6, 6.07) is 19.2. The summed E-state index contributed by atoms with van der Waals surface area (Å²) in [7, 11) is 1.61. The van der Waals surface area contributed by atoms with Crippen molar-refractivity contribution in [3.63, 3.8) is 0 Å². The molecule has 2 amide bonds. The third-order valence-electron chi connectivity index (χ3n) is 6.72. The van der Waals surface area contributed by atoms with Crippen molar-refractivity contribution < 1.29 is 19.1 Å². The zero-order valence-corrected chi connectivity index (χ0v) is 21.4. The Morgan fingerprint density at radius 3 is 2.67 bits per heavy atom. The number of nitrogens with zero attached hydrogens (tertiary/aromatic N) is 2. The highest BCUT2D eigenvalue weighted by Crippen LogP contribution is 2.35. The van der Waals surface area contributed by atoms with Crippen LogP contribution in [-0.2, 0) is 24.4 Å². The maximum atomic E-state index is 13.8. The Morgan fingerprint density at radius 1 is 1.14 bits per heavy atom. The number of ether oxygens (including phenoxy) is 2. The molecule has 36 heavy (non-hydrogen) atoms. The van der Waals surface area contributed by atoms with E-state index >= 15 is 0 Å². The highest BCUT2D eigenvalue weighted by molar-refractivity contribution is 7.16. The van der Waals surface area contributed by atoms with Gasteiger partial charge in [-0.05, 0) is 55.1 Å². The Bertz CT molecular complexity index is 1410. The lowest BCUT2D eigenvalue weighted by Gasteiger charge is -2.44. The predicted molar refractivity (Wildman–Crippen MR) is 141 cm³/mol. The van der Waals surface area contributed by atoms with Crippen molar-refractivity contribution in [3.8, 4) is 11.5 Å². The van der Waals surface area contributed by atoms with Gasteiger partial charge in [-0.15, -0.1) is 11.3 Å². The minimum atomic E-state index is -1.10. The SMILES string of the molecule is CCOc1ccc(CN2C(=O)c3cc4ccsc4n3C[C@]2(C)C(=O)NCc2ccccc2OC)cc1. The molecule has 2 aromatic carbocycles. The van der Waals surface area contributed by atoms with Crippen molar-refractivity contribution in [2.75, 3.05) is 13.7 Å². The molecule has 0 bridgehead atoms. The van der Waals surface area contributed by atoms with Gasteiger partial charge in [0.15, 0.2) is 0 Å².